The summed E-state index contributed by atoms with van der Waals surface area (Å²) in [5.74, 6) is -0.490. The van der Waals surface area contributed by atoms with Gasteiger partial charge in [0.05, 0.1) is 9.80 Å². The summed E-state index contributed by atoms with van der Waals surface area (Å²) in [5, 5.41) is 1.81. The number of amides is 2. The second kappa shape index (κ2) is 8.05. The van der Waals surface area contributed by atoms with Crippen LogP contribution in [0.3, 0.4) is 0 Å². The number of hydrogen-bond donors (Lipinski definition) is 1. The molecular weight excluding hydrogens is 444 g/mol. The van der Waals surface area contributed by atoms with Crippen LogP contribution in [0, 0.1) is 0 Å². The van der Waals surface area contributed by atoms with E-state index in [9.17, 15) is 18.0 Å². The van der Waals surface area contributed by atoms with Gasteiger partial charge in [-0.25, -0.2) is 8.42 Å². The first kappa shape index (κ1) is 20.7. The van der Waals surface area contributed by atoms with Crippen LogP contribution in [-0.4, -0.2) is 30.4 Å². The number of carbonyl (C=O) groups excluding carboxylic acids is 2. The summed E-state index contributed by atoms with van der Waals surface area (Å²) in [7, 11) is -3.76. The van der Waals surface area contributed by atoms with Gasteiger partial charge in [-0.3, -0.25) is 14.9 Å². The molecule has 2 heterocycles. The van der Waals surface area contributed by atoms with Crippen LogP contribution >= 0.6 is 11.8 Å². The number of nitrogens with zero attached hydrogens (tertiary/aromatic N) is 1. The molecule has 0 unspecified atom stereocenters. The van der Waals surface area contributed by atoms with E-state index in [-0.39, 0.29) is 22.9 Å². The van der Waals surface area contributed by atoms with Gasteiger partial charge >= 0.3 is 0 Å². The second-order valence-electron chi connectivity index (χ2n) is 7.48. The van der Waals surface area contributed by atoms with Gasteiger partial charge in [-0.05, 0) is 40.1 Å². The highest BCUT2D eigenvalue weighted by molar-refractivity contribution is 8.18. The van der Waals surface area contributed by atoms with E-state index in [0.29, 0.717) is 11.1 Å². The molecule has 0 aromatic heterocycles. The predicted molar refractivity (Wildman–Crippen MR) is 124 cm³/mol. The molecule has 2 aliphatic heterocycles. The van der Waals surface area contributed by atoms with Crippen molar-refractivity contribution in [2.24, 2.45) is 0 Å². The van der Waals surface area contributed by atoms with Crippen LogP contribution in [0.5, 0.6) is 0 Å². The zero-order valence-corrected chi connectivity index (χ0v) is 18.4. The monoisotopic (exact) mass is 462 g/mol. The second-order valence-corrected chi connectivity index (χ2v) is 10.4. The summed E-state index contributed by atoms with van der Waals surface area (Å²) in [6, 6.07) is 24.3. The van der Waals surface area contributed by atoms with Gasteiger partial charge in [0.2, 0.25) is 10.0 Å². The van der Waals surface area contributed by atoms with Crippen molar-refractivity contribution < 1.29 is 18.0 Å². The Hall–Kier alpha value is -3.20. The molecule has 0 aliphatic carbocycles. The first-order valence-electron chi connectivity index (χ1n) is 9.94. The Bertz CT molecular complexity index is 1360. The Morgan fingerprint density at radius 3 is 2.19 bits per heavy atom. The molecule has 0 saturated carbocycles. The molecule has 1 N–H and O–H groups in total. The quantitative estimate of drug-likeness (QED) is 0.589. The van der Waals surface area contributed by atoms with Crippen molar-refractivity contribution in [3.05, 3.63) is 94.9 Å². The summed E-state index contributed by atoms with van der Waals surface area (Å²) in [4.78, 5) is 24.4. The van der Waals surface area contributed by atoms with E-state index in [4.69, 9.17) is 0 Å². The fraction of sp³-hybridized carbons (Fsp3) is 0.0833. The molecule has 160 valence electrons. The number of imide groups is 1. The number of benzene rings is 3. The topological polar surface area (TPSA) is 83.6 Å². The first-order chi connectivity index (χ1) is 15.4. The van der Waals surface area contributed by atoms with Crippen LogP contribution < -0.4 is 5.32 Å². The Labute approximate surface area is 190 Å². The van der Waals surface area contributed by atoms with Gasteiger partial charge in [-0.1, -0.05) is 72.8 Å². The van der Waals surface area contributed by atoms with Crippen molar-refractivity contribution >= 4 is 38.5 Å². The van der Waals surface area contributed by atoms with Crippen LogP contribution in [-0.2, 0) is 21.4 Å². The van der Waals surface area contributed by atoms with Crippen LogP contribution in [0.4, 0.5) is 4.79 Å². The number of hydrogen-bond acceptors (Lipinski definition) is 5. The molecule has 3 aromatic rings. The molecule has 5 rings (SSSR count). The summed E-state index contributed by atoms with van der Waals surface area (Å²) in [6.45, 7) is 0.172. The lowest BCUT2D eigenvalue weighted by atomic mass is 10.0. The third-order valence-corrected chi connectivity index (χ3v) is 8.25. The van der Waals surface area contributed by atoms with Crippen molar-refractivity contribution in [1.82, 2.24) is 9.62 Å². The number of rotatable bonds is 3. The molecule has 0 bridgehead atoms. The maximum absolute atomic E-state index is 13.3. The Kier molecular flexibility index (Phi) is 5.21. The van der Waals surface area contributed by atoms with Crippen molar-refractivity contribution in [3.8, 4) is 11.1 Å². The highest BCUT2D eigenvalue weighted by Gasteiger charge is 2.38. The largest absolute Gasteiger partial charge is 0.290 e. The van der Waals surface area contributed by atoms with E-state index in [1.54, 1.807) is 18.2 Å². The lowest BCUT2D eigenvalue weighted by molar-refractivity contribution is -0.115. The minimum Gasteiger partial charge on any atom is -0.282 e. The molecule has 2 amide bonds. The van der Waals surface area contributed by atoms with Gasteiger partial charge in [-0.15, -0.1) is 0 Å². The van der Waals surface area contributed by atoms with E-state index < -0.39 is 21.2 Å². The lowest BCUT2D eigenvalue weighted by Gasteiger charge is -2.30. The minimum absolute atomic E-state index is 0.0167. The molecule has 2 aliphatic rings. The van der Waals surface area contributed by atoms with Gasteiger partial charge in [0, 0.05) is 18.7 Å². The van der Waals surface area contributed by atoms with Crippen LogP contribution in [0.15, 0.2) is 88.7 Å². The fourth-order valence-electron chi connectivity index (χ4n) is 3.91. The molecule has 0 atom stereocenters. The fourth-order valence-corrected chi connectivity index (χ4v) is 6.30. The maximum Gasteiger partial charge on any atom is 0.290 e. The molecule has 0 spiro atoms. The van der Waals surface area contributed by atoms with Gasteiger partial charge in [0.25, 0.3) is 11.1 Å². The van der Waals surface area contributed by atoms with E-state index >= 15 is 0 Å². The third-order valence-electron chi connectivity index (χ3n) is 5.48. The minimum atomic E-state index is -3.76. The van der Waals surface area contributed by atoms with Crippen molar-refractivity contribution in [1.29, 1.82) is 0 Å². The Balaban J connectivity index is 1.51. The smallest absolute Gasteiger partial charge is 0.282 e. The maximum atomic E-state index is 13.3. The average molecular weight is 463 g/mol. The van der Waals surface area contributed by atoms with E-state index in [1.165, 1.54) is 10.4 Å². The van der Waals surface area contributed by atoms with Crippen LogP contribution in [0.1, 0.15) is 11.1 Å². The van der Waals surface area contributed by atoms with Crippen LogP contribution in [0.25, 0.3) is 16.7 Å². The first-order valence-corrected chi connectivity index (χ1v) is 12.2. The zero-order chi connectivity index (χ0) is 22.3. The van der Waals surface area contributed by atoms with Crippen molar-refractivity contribution in [2.75, 3.05) is 6.54 Å². The van der Waals surface area contributed by atoms with Gasteiger partial charge < -0.3 is 0 Å². The number of sulfonamides is 1. The van der Waals surface area contributed by atoms with E-state index in [0.717, 1.165) is 28.5 Å². The SMILES string of the molecule is O=C1NC(=O)/C(=C2\CN(Cc3ccc(-c4ccccc4)cc3)S(=O)(=O)c3ccccc32)S1. The molecular formula is C24H18N2O4S2. The van der Waals surface area contributed by atoms with Crippen molar-refractivity contribution in [3.63, 3.8) is 0 Å². The standard InChI is InChI=1S/C24H18N2O4S2/c27-23-22(31-24(28)25-23)20-15-26(32(29,30)21-9-5-4-8-19(20)21)14-16-10-12-18(13-11-16)17-6-2-1-3-7-17/h1-13H,14-15H2,(H,25,27,28)/b22-20-. The summed E-state index contributed by atoms with van der Waals surface area (Å²) in [5.41, 5.74) is 3.97. The molecule has 3 aromatic carbocycles. The predicted octanol–water partition coefficient (Wildman–Crippen LogP) is 4.25. The molecule has 6 nitrogen and oxygen atoms in total. The summed E-state index contributed by atoms with van der Waals surface area (Å²) < 4.78 is 28.0. The normalized spacial score (nSPS) is 20.1. The lowest BCUT2D eigenvalue weighted by Crippen LogP contribution is -2.37. The number of fused-ring (bicyclic) bond motifs is 1. The third kappa shape index (κ3) is 3.66. The number of thioether (sulfide) groups is 1. The van der Waals surface area contributed by atoms with Gasteiger partial charge in [0.15, 0.2) is 0 Å². The highest BCUT2D eigenvalue weighted by Crippen LogP contribution is 2.40. The molecule has 32 heavy (non-hydrogen) atoms. The summed E-state index contributed by atoms with van der Waals surface area (Å²) in [6.07, 6.45) is 0. The molecule has 1 saturated heterocycles. The zero-order valence-electron chi connectivity index (χ0n) is 16.8. The van der Waals surface area contributed by atoms with Gasteiger partial charge in [-0.2, -0.15) is 4.31 Å². The Morgan fingerprint density at radius 1 is 0.844 bits per heavy atom. The molecule has 1 fully saturated rings. The van der Waals surface area contributed by atoms with E-state index in [1.807, 2.05) is 54.6 Å². The molecule has 0 radical (unpaired) electrons. The number of nitrogens with one attached hydrogen (secondary N) is 1. The Morgan fingerprint density at radius 2 is 1.50 bits per heavy atom. The van der Waals surface area contributed by atoms with Gasteiger partial charge in [0.1, 0.15) is 0 Å². The average Bonchev–Trinajstić information content (AvgIpc) is 3.14. The number of carbonyl (C=O) groups is 2. The summed E-state index contributed by atoms with van der Waals surface area (Å²) >= 11 is 0.810. The molecule has 8 heteroatoms. The van der Waals surface area contributed by atoms with Crippen molar-refractivity contribution in [2.45, 2.75) is 11.4 Å². The van der Waals surface area contributed by atoms with E-state index in [2.05, 4.69) is 5.32 Å². The van der Waals surface area contributed by atoms with Crippen LogP contribution in [0.2, 0.25) is 0 Å². The highest BCUT2D eigenvalue weighted by atomic mass is 32.2.